The zero-order valence-corrected chi connectivity index (χ0v) is 60.2. The lowest BCUT2D eigenvalue weighted by Gasteiger charge is -2.21. The van der Waals surface area contributed by atoms with Gasteiger partial charge in [0.25, 0.3) is 0 Å². The molecule has 0 aliphatic carbocycles. The third kappa shape index (κ3) is 64.8. The highest BCUT2D eigenvalue weighted by Gasteiger charge is 2.30. The predicted octanol–water partition coefficient (Wildman–Crippen LogP) is 20.4. The number of hydrogen-bond donors (Lipinski definition) is 3. The molecule has 0 spiro atoms. The topological polar surface area (TPSA) is 237 Å². The summed E-state index contributed by atoms with van der Waals surface area (Å²) < 4.78 is 68.1. The van der Waals surface area contributed by atoms with Gasteiger partial charge in [0.05, 0.1) is 26.4 Å². The molecule has 0 bridgehead atoms. The molecule has 0 rings (SSSR count). The van der Waals surface area contributed by atoms with Crippen LogP contribution >= 0.6 is 15.6 Å². The zero-order chi connectivity index (χ0) is 66.5. The molecule has 3 N–H and O–H groups in total. The van der Waals surface area contributed by atoms with Gasteiger partial charge in [-0.3, -0.25) is 37.3 Å². The molecular weight excluding hydrogens is 1190 g/mol. The van der Waals surface area contributed by atoms with Crippen molar-refractivity contribution in [2.45, 2.75) is 381 Å². The largest absolute Gasteiger partial charge is 0.472 e. The molecular formula is C71H138O17P2. The fourth-order valence-corrected chi connectivity index (χ4v) is 12.3. The van der Waals surface area contributed by atoms with E-state index in [1.807, 2.05) is 0 Å². The first-order valence-corrected chi connectivity index (χ1v) is 40.0. The fourth-order valence-electron chi connectivity index (χ4n) is 10.8. The number of phosphoric ester groups is 2. The number of carbonyl (C=O) groups is 4. The van der Waals surface area contributed by atoms with Crippen LogP contribution in [0.25, 0.3) is 0 Å². The van der Waals surface area contributed by atoms with E-state index in [2.05, 4.69) is 41.5 Å². The van der Waals surface area contributed by atoms with E-state index < -0.39 is 97.5 Å². The van der Waals surface area contributed by atoms with Gasteiger partial charge >= 0.3 is 39.5 Å². The Labute approximate surface area is 549 Å². The maximum Gasteiger partial charge on any atom is 0.472 e. The van der Waals surface area contributed by atoms with Crippen molar-refractivity contribution >= 4 is 39.5 Å². The second-order valence-corrected chi connectivity index (χ2v) is 29.5. The molecule has 2 unspecified atom stereocenters. The number of unbranched alkanes of at least 4 members (excludes halogenated alkanes) is 40. The summed E-state index contributed by atoms with van der Waals surface area (Å²) in [5.74, 6) is -0.528. The SMILES string of the molecule is CCCCCCCCCCC(=O)O[C@H](COC(=O)CCCCCCCCC)COP(=O)(O)OC[C@H](O)COP(=O)(O)OC[C@@H](COC(=O)CCCCCCCCCCCCCCCCC(C)C)OC(=O)CCCCCCCCCCCCCCCCCC(C)C. The number of esters is 4. The van der Waals surface area contributed by atoms with Crippen LogP contribution in [-0.2, 0) is 65.4 Å². The van der Waals surface area contributed by atoms with E-state index in [4.69, 9.17) is 37.0 Å². The normalized spacial score (nSPS) is 14.1. The lowest BCUT2D eigenvalue weighted by atomic mass is 10.0. The van der Waals surface area contributed by atoms with E-state index in [1.165, 1.54) is 161 Å². The van der Waals surface area contributed by atoms with Crippen LogP contribution in [0, 0.1) is 11.8 Å². The fraction of sp³-hybridized carbons (Fsp3) is 0.944. The number of phosphoric acid groups is 2. The molecule has 0 fully saturated rings. The molecule has 5 atom stereocenters. The van der Waals surface area contributed by atoms with E-state index in [1.54, 1.807) is 0 Å². The highest BCUT2D eigenvalue weighted by molar-refractivity contribution is 7.47. The first kappa shape index (κ1) is 88.1. The molecule has 0 amide bonds. The molecule has 0 aliphatic heterocycles. The summed E-state index contributed by atoms with van der Waals surface area (Å²) in [7, 11) is -9.89. The van der Waals surface area contributed by atoms with Crippen molar-refractivity contribution in [3.63, 3.8) is 0 Å². The first-order valence-electron chi connectivity index (χ1n) is 37.0. The molecule has 17 nitrogen and oxygen atoms in total. The molecule has 0 radical (unpaired) electrons. The van der Waals surface area contributed by atoms with E-state index in [-0.39, 0.29) is 25.7 Å². The molecule has 90 heavy (non-hydrogen) atoms. The van der Waals surface area contributed by atoms with Crippen LogP contribution in [0.3, 0.4) is 0 Å². The molecule has 534 valence electrons. The number of ether oxygens (including phenoxy) is 4. The predicted molar refractivity (Wildman–Crippen MR) is 363 cm³/mol. The molecule has 0 aromatic heterocycles. The van der Waals surface area contributed by atoms with E-state index in [9.17, 15) is 43.2 Å². The molecule has 0 heterocycles. The van der Waals surface area contributed by atoms with Gasteiger partial charge < -0.3 is 33.8 Å². The van der Waals surface area contributed by atoms with Gasteiger partial charge in [0, 0.05) is 25.7 Å². The lowest BCUT2D eigenvalue weighted by Crippen LogP contribution is -2.30. The van der Waals surface area contributed by atoms with Crippen molar-refractivity contribution in [2.75, 3.05) is 39.6 Å². The van der Waals surface area contributed by atoms with Crippen LogP contribution in [0.2, 0.25) is 0 Å². The van der Waals surface area contributed by atoms with Crippen molar-refractivity contribution in [3.8, 4) is 0 Å². The third-order valence-electron chi connectivity index (χ3n) is 16.5. The van der Waals surface area contributed by atoms with Crippen LogP contribution in [0.1, 0.15) is 363 Å². The standard InChI is InChI=1S/C71H138O17P2/c1-7-9-11-13-15-36-43-49-55-70(75)87-66(59-81-68(73)53-47-41-33-14-12-10-8-2)61-85-89(77,78)83-57-65(72)58-84-90(79,80)86-62-67(60-82-69(74)54-48-42-37-31-27-23-20-19-22-26-30-35-40-46-52-64(5)6)88-71(76)56-50-44-38-32-28-24-18-16-17-21-25-29-34-39-45-51-63(3)4/h63-67,72H,7-62H2,1-6H3,(H,77,78)(H,79,80)/t65-,66+,67+/m0/s1. The Hall–Kier alpha value is -1.94. The number of aliphatic hydroxyl groups excluding tert-OH is 1. The molecule has 0 aromatic rings. The van der Waals surface area contributed by atoms with Gasteiger partial charge in [0.2, 0.25) is 0 Å². The molecule has 0 aromatic carbocycles. The van der Waals surface area contributed by atoms with Gasteiger partial charge in [-0.2, -0.15) is 0 Å². The molecule has 0 saturated heterocycles. The number of aliphatic hydroxyl groups is 1. The Balaban J connectivity index is 5.16. The number of hydrogen-bond acceptors (Lipinski definition) is 15. The van der Waals surface area contributed by atoms with Gasteiger partial charge in [-0.05, 0) is 37.5 Å². The smallest absolute Gasteiger partial charge is 0.462 e. The van der Waals surface area contributed by atoms with E-state index in [0.717, 1.165) is 121 Å². The summed E-state index contributed by atoms with van der Waals surface area (Å²) in [6.45, 7) is 9.54. The summed E-state index contributed by atoms with van der Waals surface area (Å²) in [6, 6.07) is 0. The Morgan fingerprint density at radius 1 is 0.300 bits per heavy atom. The Morgan fingerprint density at radius 3 is 0.756 bits per heavy atom. The van der Waals surface area contributed by atoms with Gasteiger partial charge in [0.15, 0.2) is 12.2 Å². The van der Waals surface area contributed by atoms with Crippen LogP contribution < -0.4 is 0 Å². The monoisotopic (exact) mass is 1320 g/mol. The average Bonchev–Trinajstić information content (AvgIpc) is 3.02. The molecule has 0 saturated carbocycles. The van der Waals surface area contributed by atoms with Gasteiger partial charge in [-0.25, -0.2) is 9.13 Å². The highest BCUT2D eigenvalue weighted by Crippen LogP contribution is 2.45. The van der Waals surface area contributed by atoms with Gasteiger partial charge in [-0.1, -0.05) is 311 Å². The number of rotatable bonds is 70. The minimum Gasteiger partial charge on any atom is -0.462 e. The summed E-state index contributed by atoms with van der Waals surface area (Å²) in [6.07, 6.45) is 48.8. The van der Waals surface area contributed by atoms with E-state index >= 15 is 0 Å². The second-order valence-electron chi connectivity index (χ2n) is 26.6. The van der Waals surface area contributed by atoms with E-state index in [0.29, 0.717) is 25.7 Å². The quantitative estimate of drug-likeness (QED) is 0.0222. The van der Waals surface area contributed by atoms with Crippen molar-refractivity contribution < 1.29 is 80.2 Å². The van der Waals surface area contributed by atoms with Gasteiger partial charge in [-0.15, -0.1) is 0 Å². The number of carbonyl (C=O) groups excluding carboxylic acids is 4. The van der Waals surface area contributed by atoms with Crippen LogP contribution in [0.4, 0.5) is 0 Å². The summed E-state index contributed by atoms with van der Waals surface area (Å²) in [5, 5.41) is 10.6. The minimum atomic E-state index is -4.95. The average molecular weight is 1330 g/mol. The minimum absolute atomic E-state index is 0.105. The van der Waals surface area contributed by atoms with Crippen molar-refractivity contribution in [1.29, 1.82) is 0 Å². The Bertz CT molecular complexity index is 1750. The molecule has 19 heteroatoms. The Kier molecular flexibility index (Phi) is 61.8. The summed E-state index contributed by atoms with van der Waals surface area (Å²) in [4.78, 5) is 72.3. The van der Waals surface area contributed by atoms with Crippen LogP contribution in [0.15, 0.2) is 0 Å². The summed E-state index contributed by atoms with van der Waals surface area (Å²) in [5.41, 5.74) is 0. The maximum absolute atomic E-state index is 13.0. The third-order valence-corrected chi connectivity index (χ3v) is 18.4. The van der Waals surface area contributed by atoms with Crippen molar-refractivity contribution in [1.82, 2.24) is 0 Å². The maximum atomic E-state index is 13.0. The molecule has 0 aliphatic rings. The van der Waals surface area contributed by atoms with Crippen molar-refractivity contribution in [3.05, 3.63) is 0 Å². The first-order chi connectivity index (χ1) is 43.4. The van der Waals surface area contributed by atoms with Crippen molar-refractivity contribution in [2.24, 2.45) is 11.8 Å². The summed E-state index contributed by atoms with van der Waals surface area (Å²) >= 11 is 0. The zero-order valence-electron chi connectivity index (χ0n) is 58.4. The van der Waals surface area contributed by atoms with Gasteiger partial charge in [0.1, 0.15) is 19.3 Å². The lowest BCUT2D eigenvalue weighted by molar-refractivity contribution is -0.161. The van der Waals surface area contributed by atoms with Crippen LogP contribution in [-0.4, -0.2) is 96.7 Å². The second kappa shape index (κ2) is 63.1. The Morgan fingerprint density at radius 2 is 0.511 bits per heavy atom. The highest BCUT2D eigenvalue weighted by atomic mass is 31.2. The van der Waals surface area contributed by atoms with Crippen LogP contribution in [0.5, 0.6) is 0 Å².